The third-order valence-electron chi connectivity index (χ3n) is 2.62. The maximum Gasteiger partial charge on any atom is 0.240 e. The van der Waals surface area contributed by atoms with Crippen molar-refractivity contribution in [3.05, 3.63) is 0 Å². The number of nitrogens with one attached hydrogen (secondary N) is 1. The highest BCUT2D eigenvalue weighted by molar-refractivity contribution is 7.99. The Bertz CT molecular complexity index is 200. The molecule has 13 heavy (non-hydrogen) atoms. The zero-order chi connectivity index (χ0) is 9.26. The van der Waals surface area contributed by atoms with Gasteiger partial charge in [-0.05, 0) is 18.8 Å². The fourth-order valence-electron chi connectivity index (χ4n) is 1.60. The van der Waals surface area contributed by atoms with Gasteiger partial charge in [0.25, 0.3) is 0 Å². The summed E-state index contributed by atoms with van der Waals surface area (Å²) in [6, 6.07) is 0.0775. The molecule has 1 saturated heterocycles. The van der Waals surface area contributed by atoms with Crippen LogP contribution < -0.4 is 5.32 Å². The van der Waals surface area contributed by atoms with Crippen LogP contribution in [0.4, 0.5) is 0 Å². The molecule has 2 aliphatic rings. The minimum Gasteiger partial charge on any atom is -0.344 e. The van der Waals surface area contributed by atoms with Crippen LogP contribution in [0.5, 0.6) is 0 Å². The van der Waals surface area contributed by atoms with Gasteiger partial charge in [0.1, 0.15) is 0 Å². The Hall–Kier alpha value is -0.220. The molecule has 1 amide bonds. The molecule has 0 bridgehead atoms. The minimum atomic E-state index is 0.0775. The van der Waals surface area contributed by atoms with Gasteiger partial charge in [0, 0.05) is 25.2 Å². The lowest BCUT2D eigenvalue weighted by atomic mass is 10.3. The summed E-state index contributed by atoms with van der Waals surface area (Å²) in [4.78, 5) is 13.6. The summed E-state index contributed by atoms with van der Waals surface area (Å²) < 4.78 is 0. The number of carbonyl (C=O) groups is 1. The second-order valence-corrected chi connectivity index (χ2v) is 4.96. The number of hydrogen-bond acceptors (Lipinski definition) is 3. The molecule has 1 unspecified atom stereocenters. The van der Waals surface area contributed by atoms with Gasteiger partial charge >= 0.3 is 0 Å². The van der Waals surface area contributed by atoms with Gasteiger partial charge in [-0.2, -0.15) is 0 Å². The SMILES string of the molecule is CN(CC1CC1)C(=O)C1CSCN1. The first-order valence-electron chi connectivity index (χ1n) is 4.83. The molecule has 0 aromatic heterocycles. The van der Waals surface area contributed by atoms with Crippen LogP contribution in [0, 0.1) is 5.92 Å². The van der Waals surface area contributed by atoms with E-state index in [9.17, 15) is 4.79 Å². The van der Waals surface area contributed by atoms with Crippen molar-refractivity contribution in [2.75, 3.05) is 25.2 Å². The van der Waals surface area contributed by atoms with Crippen LogP contribution in [0.15, 0.2) is 0 Å². The molecular weight excluding hydrogens is 184 g/mol. The molecule has 1 atom stereocenters. The van der Waals surface area contributed by atoms with E-state index >= 15 is 0 Å². The van der Waals surface area contributed by atoms with Crippen molar-refractivity contribution < 1.29 is 4.79 Å². The molecule has 0 spiro atoms. The van der Waals surface area contributed by atoms with Crippen LogP contribution in [0.3, 0.4) is 0 Å². The molecule has 1 aliphatic heterocycles. The minimum absolute atomic E-state index is 0.0775. The van der Waals surface area contributed by atoms with E-state index in [1.54, 1.807) is 11.8 Å². The van der Waals surface area contributed by atoms with Crippen molar-refractivity contribution in [3.63, 3.8) is 0 Å². The molecule has 0 aromatic carbocycles. The molecule has 3 nitrogen and oxygen atoms in total. The fourth-order valence-corrected chi connectivity index (χ4v) is 2.53. The number of thioether (sulfide) groups is 1. The van der Waals surface area contributed by atoms with Gasteiger partial charge in [0.05, 0.1) is 6.04 Å². The lowest BCUT2D eigenvalue weighted by molar-refractivity contribution is -0.131. The second kappa shape index (κ2) is 3.88. The molecule has 2 rings (SSSR count). The normalized spacial score (nSPS) is 27.6. The first-order chi connectivity index (χ1) is 6.27. The number of likely N-dealkylation sites (N-methyl/N-ethyl adjacent to an activating group) is 1. The van der Waals surface area contributed by atoms with Crippen LogP contribution in [-0.2, 0) is 4.79 Å². The van der Waals surface area contributed by atoms with Crippen LogP contribution >= 0.6 is 11.8 Å². The van der Waals surface area contributed by atoms with Crippen molar-refractivity contribution in [1.29, 1.82) is 0 Å². The molecular formula is C9H16N2OS. The highest BCUT2D eigenvalue weighted by atomic mass is 32.2. The molecule has 0 aromatic rings. The summed E-state index contributed by atoms with van der Waals surface area (Å²) in [6.45, 7) is 0.960. The van der Waals surface area contributed by atoms with Gasteiger partial charge in [0.2, 0.25) is 5.91 Å². The summed E-state index contributed by atoms with van der Waals surface area (Å²) in [5, 5.41) is 3.20. The number of hydrogen-bond donors (Lipinski definition) is 1. The van der Waals surface area contributed by atoms with Crippen LogP contribution in [0.1, 0.15) is 12.8 Å². The van der Waals surface area contributed by atoms with E-state index in [0.717, 1.165) is 24.1 Å². The van der Waals surface area contributed by atoms with Gasteiger partial charge in [-0.1, -0.05) is 0 Å². The molecule has 0 radical (unpaired) electrons. The molecule has 1 N–H and O–H groups in total. The largest absolute Gasteiger partial charge is 0.344 e. The zero-order valence-corrected chi connectivity index (χ0v) is 8.77. The quantitative estimate of drug-likeness (QED) is 0.721. The zero-order valence-electron chi connectivity index (χ0n) is 7.95. The lowest BCUT2D eigenvalue weighted by Gasteiger charge is -2.20. The van der Waals surface area contributed by atoms with E-state index in [-0.39, 0.29) is 11.9 Å². The van der Waals surface area contributed by atoms with E-state index in [4.69, 9.17) is 0 Å². The van der Waals surface area contributed by atoms with E-state index < -0.39 is 0 Å². The predicted molar refractivity (Wildman–Crippen MR) is 54.6 cm³/mol. The smallest absolute Gasteiger partial charge is 0.240 e. The number of carbonyl (C=O) groups excluding carboxylic acids is 1. The predicted octanol–water partition coefficient (Wildman–Crippen LogP) is 0.517. The molecule has 2 fully saturated rings. The Morgan fingerprint density at radius 2 is 2.38 bits per heavy atom. The summed E-state index contributed by atoms with van der Waals surface area (Å²) in [6.07, 6.45) is 2.62. The van der Waals surface area contributed by atoms with E-state index in [1.807, 2.05) is 11.9 Å². The van der Waals surface area contributed by atoms with Gasteiger partial charge in [-0.3, -0.25) is 10.1 Å². The third kappa shape index (κ3) is 2.38. The third-order valence-corrected chi connectivity index (χ3v) is 3.56. The van der Waals surface area contributed by atoms with Gasteiger partial charge < -0.3 is 4.90 Å². The summed E-state index contributed by atoms with van der Waals surface area (Å²) in [7, 11) is 1.92. The molecule has 1 aliphatic carbocycles. The highest BCUT2D eigenvalue weighted by Crippen LogP contribution is 2.29. The first-order valence-corrected chi connectivity index (χ1v) is 5.99. The average Bonchev–Trinajstić information content (AvgIpc) is 2.78. The Morgan fingerprint density at radius 3 is 2.92 bits per heavy atom. The Kier molecular flexibility index (Phi) is 2.79. The van der Waals surface area contributed by atoms with E-state index in [1.165, 1.54) is 12.8 Å². The summed E-state index contributed by atoms with van der Waals surface area (Å²) in [5.41, 5.74) is 0. The first kappa shape index (κ1) is 9.34. The van der Waals surface area contributed by atoms with Gasteiger partial charge in [0.15, 0.2) is 0 Å². The van der Waals surface area contributed by atoms with Crippen molar-refractivity contribution in [2.45, 2.75) is 18.9 Å². The van der Waals surface area contributed by atoms with Gasteiger partial charge in [-0.15, -0.1) is 11.8 Å². The van der Waals surface area contributed by atoms with Crippen molar-refractivity contribution in [2.24, 2.45) is 5.92 Å². The molecule has 1 saturated carbocycles. The Morgan fingerprint density at radius 1 is 1.62 bits per heavy atom. The summed E-state index contributed by atoms with van der Waals surface area (Å²) >= 11 is 1.80. The number of nitrogens with zero attached hydrogens (tertiary/aromatic N) is 1. The Balaban J connectivity index is 1.79. The van der Waals surface area contributed by atoms with Crippen molar-refractivity contribution in [3.8, 4) is 0 Å². The molecule has 74 valence electrons. The van der Waals surface area contributed by atoms with Crippen LogP contribution in [-0.4, -0.2) is 42.1 Å². The number of rotatable bonds is 3. The topological polar surface area (TPSA) is 32.3 Å². The maximum absolute atomic E-state index is 11.8. The van der Waals surface area contributed by atoms with Crippen molar-refractivity contribution >= 4 is 17.7 Å². The molecule has 4 heteroatoms. The number of amides is 1. The lowest BCUT2D eigenvalue weighted by Crippen LogP contribution is -2.43. The van der Waals surface area contributed by atoms with Gasteiger partial charge in [-0.25, -0.2) is 0 Å². The second-order valence-electron chi connectivity index (χ2n) is 3.93. The maximum atomic E-state index is 11.8. The molecule has 1 heterocycles. The van der Waals surface area contributed by atoms with Crippen LogP contribution in [0.2, 0.25) is 0 Å². The Labute approximate surface area is 83.2 Å². The monoisotopic (exact) mass is 200 g/mol. The standard InChI is InChI=1S/C9H16N2OS/c1-11(4-7-2-3-7)9(12)8-5-13-6-10-8/h7-8,10H,2-6H2,1H3. The summed E-state index contributed by atoms with van der Waals surface area (Å²) in [5.74, 6) is 2.93. The van der Waals surface area contributed by atoms with Crippen LogP contribution in [0.25, 0.3) is 0 Å². The average molecular weight is 200 g/mol. The van der Waals surface area contributed by atoms with E-state index in [2.05, 4.69) is 5.32 Å². The van der Waals surface area contributed by atoms with E-state index in [0.29, 0.717) is 0 Å². The highest BCUT2D eigenvalue weighted by Gasteiger charge is 2.29. The fraction of sp³-hybridized carbons (Fsp3) is 0.889. The van der Waals surface area contributed by atoms with Crippen molar-refractivity contribution in [1.82, 2.24) is 10.2 Å².